The zero-order valence-electron chi connectivity index (χ0n) is 12.8. The minimum atomic E-state index is -0.484. The van der Waals surface area contributed by atoms with Crippen LogP contribution in [0, 0.1) is 0 Å². The lowest BCUT2D eigenvalue weighted by atomic mass is 10.1. The van der Waals surface area contributed by atoms with Crippen LogP contribution in [-0.4, -0.2) is 35.5 Å². The second-order valence-corrected chi connectivity index (χ2v) is 5.66. The number of hydrogen-bond donors (Lipinski definition) is 1. The molecule has 0 bridgehead atoms. The van der Waals surface area contributed by atoms with Gasteiger partial charge in [0.2, 0.25) is 0 Å². The van der Waals surface area contributed by atoms with Gasteiger partial charge in [-0.05, 0) is 35.9 Å². The summed E-state index contributed by atoms with van der Waals surface area (Å²) in [5, 5.41) is 10.0. The molecule has 0 atom stereocenters. The fourth-order valence-electron chi connectivity index (χ4n) is 2.43. The molecule has 6 nitrogen and oxygen atoms in total. The molecule has 2 aromatic carbocycles. The Balaban J connectivity index is 1.94. The summed E-state index contributed by atoms with van der Waals surface area (Å²) in [5.41, 5.74) is 0.871. The van der Waals surface area contributed by atoms with E-state index in [9.17, 15) is 14.7 Å². The summed E-state index contributed by atoms with van der Waals surface area (Å²) in [6.07, 6.45) is 0. The first-order valence-corrected chi connectivity index (χ1v) is 7.50. The Bertz CT molecular complexity index is 821. The summed E-state index contributed by atoms with van der Waals surface area (Å²) in [4.78, 5) is 26.1. The lowest BCUT2D eigenvalue weighted by molar-refractivity contribution is -0.130. The van der Waals surface area contributed by atoms with E-state index in [1.54, 1.807) is 24.3 Å². The molecular weight excluding hydrogens is 334 g/mol. The van der Waals surface area contributed by atoms with E-state index < -0.39 is 11.8 Å². The maximum Gasteiger partial charge on any atom is 0.267 e. The lowest BCUT2D eigenvalue weighted by Gasteiger charge is -2.18. The predicted molar refractivity (Wildman–Crippen MR) is 86.5 cm³/mol. The molecule has 124 valence electrons. The Kier molecular flexibility index (Phi) is 4.31. The first kappa shape index (κ1) is 16.1. The minimum absolute atomic E-state index is 0.0183. The number of benzene rings is 2. The molecule has 0 saturated carbocycles. The number of carbonyl (C=O) groups is 2. The van der Waals surface area contributed by atoms with Crippen molar-refractivity contribution in [3.8, 4) is 17.2 Å². The van der Waals surface area contributed by atoms with E-state index in [4.69, 9.17) is 21.1 Å². The van der Waals surface area contributed by atoms with Gasteiger partial charge >= 0.3 is 0 Å². The van der Waals surface area contributed by atoms with Crippen LogP contribution in [0.15, 0.2) is 36.4 Å². The zero-order valence-corrected chi connectivity index (χ0v) is 13.5. The van der Waals surface area contributed by atoms with E-state index in [2.05, 4.69) is 0 Å². The highest BCUT2D eigenvalue weighted by Gasteiger charge is 2.30. The average molecular weight is 348 g/mol. The fraction of sp³-hybridized carbons (Fsp3) is 0.176. The maximum absolute atomic E-state index is 12.7. The lowest BCUT2D eigenvalue weighted by Crippen LogP contribution is -2.37. The number of nitrogens with zero attached hydrogens (tertiary/aromatic N) is 1. The van der Waals surface area contributed by atoms with Crippen molar-refractivity contribution >= 4 is 23.4 Å². The standard InChI is InChI=1S/C17H14ClNO5/c1-23-15-6-10(2-4-13(15)20)8-19-16(21)9-24-14-5-3-11(18)7-12(14)17(19)22/h2-7,20H,8-9H2,1H3. The minimum Gasteiger partial charge on any atom is -0.504 e. The molecule has 0 aliphatic carbocycles. The summed E-state index contributed by atoms with van der Waals surface area (Å²) in [5.74, 6) is -0.373. The molecule has 0 fully saturated rings. The number of ether oxygens (including phenoxy) is 2. The van der Waals surface area contributed by atoms with Gasteiger partial charge in [0.25, 0.3) is 11.8 Å². The third-order valence-electron chi connectivity index (χ3n) is 3.65. The molecule has 3 rings (SSSR count). The molecule has 0 aromatic heterocycles. The molecular formula is C17H14ClNO5. The largest absolute Gasteiger partial charge is 0.504 e. The van der Waals surface area contributed by atoms with E-state index in [-0.39, 0.29) is 30.2 Å². The normalized spacial score (nSPS) is 14.0. The van der Waals surface area contributed by atoms with Gasteiger partial charge in [-0.25, -0.2) is 0 Å². The van der Waals surface area contributed by atoms with Crippen molar-refractivity contribution in [1.29, 1.82) is 0 Å². The number of methoxy groups -OCH3 is 1. The Morgan fingerprint density at radius 1 is 1.25 bits per heavy atom. The summed E-state index contributed by atoms with van der Waals surface area (Å²) in [6.45, 7) is -0.209. The van der Waals surface area contributed by atoms with Crippen LogP contribution in [0.4, 0.5) is 0 Å². The molecule has 1 N–H and O–H groups in total. The molecule has 1 heterocycles. The van der Waals surface area contributed by atoms with Gasteiger partial charge in [-0.3, -0.25) is 14.5 Å². The van der Waals surface area contributed by atoms with Crippen LogP contribution in [0.3, 0.4) is 0 Å². The predicted octanol–water partition coefficient (Wildman–Crippen LogP) is 2.62. The molecule has 24 heavy (non-hydrogen) atoms. The average Bonchev–Trinajstić information content (AvgIpc) is 2.68. The van der Waals surface area contributed by atoms with Crippen molar-refractivity contribution in [1.82, 2.24) is 4.90 Å². The maximum atomic E-state index is 12.7. The van der Waals surface area contributed by atoms with Gasteiger partial charge in [-0.15, -0.1) is 0 Å². The Morgan fingerprint density at radius 2 is 2.04 bits per heavy atom. The number of phenolic OH excluding ortho intramolecular Hbond substituents is 1. The summed E-state index contributed by atoms with van der Waals surface area (Å²) < 4.78 is 10.4. The third kappa shape index (κ3) is 3.00. The summed E-state index contributed by atoms with van der Waals surface area (Å²) >= 11 is 5.94. The van der Waals surface area contributed by atoms with E-state index in [1.165, 1.54) is 19.2 Å². The topological polar surface area (TPSA) is 76.1 Å². The second-order valence-electron chi connectivity index (χ2n) is 5.22. The number of aromatic hydroxyl groups is 1. The highest BCUT2D eigenvalue weighted by Crippen LogP contribution is 2.29. The Hall–Kier alpha value is -2.73. The van der Waals surface area contributed by atoms with Crippen molar-refractivity contribution in [3.63, 3.8) is 0 Å². The van der Waals surface area contributed by atoms with Crippen molar-refractivity contribution in [2.45, 2.75) is 6.54 Å². The first-order chi connectivity index (χ1) is 11.5. The van der Waals surface area contributed by atoms with Gasteiger partial charge in [0.1, 0.15) is 5.75 Å². The number of halogens is 1. The number of fused-ring (bicyclic) bond motifs is 1. The first-order valence-electron chi connectivity index (χ1n) is 7.12. The Morgan fingerprint density at radius 3 is 2.79 bits per heavy atom. The molecule has 1 aliphatic rings. The fourth-order valence-corrected chi connectivity index (χ4v) is 2.61. The number of hydrogen-bond acceptors (Lipinski definition) is 5. The van der Waals surface area contributed by atoms with Crippen LogP contribution in [-0.2, 0) is 11.3 Å². The SMILES string of the molecule is COc1cc(CN2C(=O)COc3ccc(Cl)cc3C2=O)ccc1O. The molecule has 2 amide bonds. The van der Waals surface area contributed by atoms with Gasteiger partial charge < -0.3 is 14.6 Å². The molecule has 7 heteroatoms. The van der Waals surface area contributed by atoms with Crippen LogP contribution >= 0.6 is 11.6 Å². The van der Waals surface area contributed by atoms with Crippen molar-refractivity contribution in [3.05, 3.63) is 52.5 Å². The van der Waals surface area contributed by atoms with Crippen LogP contribution < -0.4 is 9.47 Å². The summed E-state index contributed by atoms with van der Waals surface area (Å²) in [6, 6.07) is 9.27. The molecule has 2 aromatic rings. The molecule has 0 unspecified atom stereocenters. The number of carbonyl (C=O) groups excluding carboxylic acids is 2. The summed E-state index contributed by atoms with van der Waals surface area (Å²) in [7, 11) is 1.42. The molecule has 0 radical (unpaired) electrons. The van der Waals surface area contributed by atoms with Gasteiger partial charge in [-0.2, -0.15) is 0 Å². The van der Waals surface area contributed by atoms with Crippen molar-refractivity contribution in [2.75, 3.05) is 13.7 Å². The van der Waals surface area contributed by atoms with Crippen LogP contribution in [0.25, 0.3) is 0 Å². The van der Waals surface area contributed by atoms with Crippen LogP contribution in [0.5, 0.6) is 17.2 Å². The molecule has 1 aliphatic heterocycles. The second kappa shape index (κ2) is 6.41. The van der Waals surface area contributed by atoms with Crippen LogP contribution in [0.1, 0.15) is 15.9 Å². The quantitative estimate of drug-likeness (QED) is 0.864. The Labute approximate surface area is 143 Å². The number of imide groups is 1. The third-order valence-corrected chi connectivity index (χ3v) is 3.89. The van der Waals surface area contributed by atoms with E-state index in [1.807, 2.05) is 0 Å². The van der Waals surface area contributed by atoms with E-state index >= 15 is 0 Å². The van der Waals surface area contributed by atoms with Crippen LogP contribution in [0.2, 0.25) is 5.02 Å². The molecule has 0 saturated heterocycles. The number of rotatable bonds is 3. The van der Waals surface area contributed by atoms with Gasteiger partial charge in [0, 0.05) is 5.02 Å². The van der Waals surface area contributed by atoms with E-state index in [0.717, 1.165) is 4.90 Å². The number of amides is 2. The van der Waals surface area contributed by atoms with E-state index in [0.29, 0.717) is 16.3 Å². The molecule has 0 spiro atoms. The van der Waals surface area contributed by atoms with Gasteiger partial charge in [-0.1, -0.05) is 17.7 Å². The zero-order chi connectivity index (χ0) is 17.3. The monoisotopic (exact) mass is 347 g/mol. The van der Waals surface area contributed by atoms with Crippen molar-refractivity contribution in [2.24, 2.45) is 0 Å². The highest BCUT2D eigenvalue weighted by atomic mass is 35.5. The smallest absolute Gasteiger partial charge is 0.267 e. The van der Waals surface area contributed by atoms with Crippen molar-refractivity contribution < 1.29 is 24.2 Å². The van der Waals surface area contributed by atoms with Gasteiger partial charge in [0.15, 0.2) is 18.1 Å². The highest BCUT2D eigenvalue weighted by molar-refractivity contribution is 6.31. The number of phenols is 1. The van der Waals surface area contributed by atoms with Gasteiger partial charge in [0.05, 0.1) is 19.2 Å².